The molecule has 0 N–H and O–H groups in total. The van der Waals surface area contributed by atoms with Gasteiger partial charge in [0.15, 0.2) is 0 Å². The summed E-state index contributed by atoms with van der Waals surface area (Å²) in [6.07, 6.45) is 0. The molecule has 0 heterocycles. The number of carbonyl (C=O) groups is 2. The molecule has 3 aromatic carbocycles. The Morgan fingerprint density at radius 1 is 0.625 bits per heavy atom. The van der Waals surface area contributed by atoms with Crippen molar-refractivity contribution in [1.82, 2.24) is 0 Å². The Morgan fingerprint density at radius 2 is 1.12 bits per heavy atom. The summed E-state index contributed by atoms with van der Waals surface area (Å²) >= 11 is 0. The van der Waals surface area contributed by atoms with Gasteiger partial charge in [0.05, 0.1) is 0 Å². The second-order valence-corrected chi connectivity index (χ2v) is 5.44. The Bertz CT molecular complexity index is 911. The van der Waals surface area contributed by atoms with Gasteiger partial charge in [-0.05, 0) is 52.2 Å². The fourth-order valence-corrected chi connectivity index (χ4v) is 2.51. The summed E-state index contributed by atoms with van der Waals surface area (Å²) in [7, 11) is 0. The second kappa shape index (κ2) is 6.54. The molecule has 0 aliphatic heterocycles. The Labute approximate surface area is 139 Å². The number of hydrogen-bond acceptors (Lipinski definition) is 4. The normalized spacial score (nSPS) is 10.4. The van der Waals surface area contributed by atoms with Crippen LogP contribution in [0.2, 0.25) is 0 Å². The highest BCUT2D eigenvalue weighted by Crippen LogP contribution is 2.28. The Balaban J connectivity index is 1.90. The van der Waals surface area contributed by atoms with Crippen LogP contribution in [0.4, 0.5) is 0 Å². The molecule has 0 aliphatic carbocycles. The molecule has 24 heavy (non-hydrogen) atoms. The summed E-state index contributed by atoms with van der Waals surface area (Å²) in [5, 5.41) is 2.04. The monoisotopic (exact) mass is 320 g/mol. The summed E-state index contributed by atoms with van der Waals surface area (Å²) in [6.45, 7) is 2.76. The van der Waals surface area contributed by atoms with E-state index >= 15 is 0 Å². The molecule has 0 aliphatic rings. The zero-order valence-corrected chi connectivity index (χ0v) is 13.4. The summed E-state index contributed by atoms with van der Waals surface area (Å²) in [4.78, 5) is 22.0. The van der Waals surface area contributed by atoms with Crippen molar-refractivity contribution in [2.45, 2.75) is 13.8 Å². The molecule has 3 rings (SSSR count). The number of fused-ring (bicyclic) bond motifs is 1. The molecule has 120 valence electrons. The van der Waals surface area contributed by atoms with E-state index in [1.54, 1.807) is 18.2 Å². The average Bonchev–Trinajstić information content (AvgIpc) is 2.54. The largest absolute Gasteiger partial charge is 0.427 e. The third-order valence-electron chi connectivity index (χ3n) is 3.52. The first-order valence-corrected chi connectivity index (χ1v) is 7.52. The van der Waals surface area contributed by atoms with Crippen LogP contribution in [0.15, 0.2) is 60.7 Å². The van der Waals surface area contributed by atoms with Gasteiger partial charge in [0.2, 0.25) is 0 Å². The van der Waals surface area contributed by atoms with Gasteiger partial charge in [-0.1, -0.05) is 30.3 Å². The Morgan fingerprint density at radius 3 is 1.79 bits per heavy atom. The molecule has 0 amide bonds. The molecule has 0 fully saturated rings. The van der Waals surface area contributed by atoms with E-state index in [9.17, 15) is 9.59 Å². The number of esters is 2. The zero-order chi connectivity index (χ0) is 17.1. The van der Waals surface area contributed by atoms with Gasteiger partial charge >= 0.3 is 11.9 Å². The van der Waals surface area contributed by atoms with Crippen LogP contribution in [-0.4, -0.2) is 11.9 Å². The van der Waals surface area contributed by atoms with E-state index < -0.39 is 0 Å². The fourth-order valence-electron chi connectivity index (χ4n) is 2.51. The minimum Gasteiger partial charge on any atom is -0.427 e. The van der Waals surface area contributed by atoms with Crippen LogP contribution in [0.3, 0.4) is 0 Å². The van der Waals surface area contributed by atoms with E-state index in [1.165, 1.54) is 13.8 Å². The molecule has 0 saturated carbocycles. The standard InChI is InChI=1S/C20H16O4/c1-13(21)23-19-8-5-15(6-9-19)16-3-4-18-12-20(24-14(2)22)10-7-17(18)11-16/h3-12H,1-2H3. The van der Waals surface area contributed by atoms with Gasteiger partial charge in [-0.2, -0.15) is 0 Å². The highest BCUT2D eigenvalue weighted by Gasteiger charge is 2.04. The lowest BCUT2D eigenvalue weighted by Gasteiger charge is -2.07. The average molecular weight is 320 g/mol. The van der Waals surface area contributed by atoms with Crippen molar-refractivity contribution >= 4 is 22.7 Å². The van der Waals surface area contributed by atoms with E-state index in [2.05, 4.69) is 6.07 Å². The smallest absolute Gasteiger partial charge is 0.308 e. The highest BCUT2D eigenvalue weighted by atomic mass is 16.5. The first kappa shape index (κ1) is 15.7. The Hall–Kier alpha value is -3.14. The zero-order valence-electron chi connectivity index (χ0n) is 13.4. The molecule has 0 radical (unpaired) electrons. The third kappa shape index (κ3) is 3.60. The molecular formula is C20H16O4. The number of benzene rings is 3. The van der Waals surface area contributed by atoms with Gasteiger partial charge in [-0.15, -0.1) is 0 Å². The van der Waals surface area contributed by atoms with E-state index in [4.69, 9.17) is 9.47 Å². The lowest BCUT2D eigenvalue weighted by Crippen LogP contribution is -2.01. The van der Waals surface area contributed by atoms with Gasteiger partial charge in [0, 0.05) is 13.8 Å². The summed E-state index contributed by atoms with van der Waals surface area (Å²) in [6, 6.07) is 18.9. The van der Waals surface area contributed by atoms with Crippen LogP contribution < -0.4 is 9.47 Å². The number of carbonyl (C=O) groups excluding carboxylic acids is 2. The maximum atomic E-state index is 11.0. The van der Waals surface area contributed by atoms with Crippen LogP contribution in [0.25, 0.3) is 21.9 Å². The van der Waals surface area contributed by atoms with Gasteiger partial charge in [0.1, 0.15) is 11.5 Å². The number of ether oxygens (including phenoxy) is 2. The van der Waals surface area contributed by atoms with Gasteiger partial charge in [-0.3, -0.25) is 9.59 Å². The van der Waals surface area contributed by atoms with Crippen molar-refractivity contribution in [2.24, 2.45) is 0 Å². The van der Waals surface area contributed by atoms with Crippen LogP contribution >= 0.6 is 0 Å². The van der Waals surface area contributed by atoms with E-state index in [0.29, 0.717) is 11.5 Å². The van der Waals surface area contributed by atoms with E-state index in [-0.39, 0.29) is 11.9 Å². The molecule has 0 unspecified atom stereocenters. The molecule has 0 atom stereocenters. The summed E-state index contributed by atoms with van der Waals surface area (Å²) in [5.41, 5.74) is 2.08. The molecule has 4 heteroatoms. The summed E-state index contributed by atoms with van der Waals surface area (Å²) < 4.78 is 10.1. The lowest BCUT2D eigenvalue weighted by atomic mass is 10.0. The predicted octanol–water partition coefficient (Wildman–Crippen LogP) is 4.36. The number of rotatable bonds is 3. The van der Waals surface area contributed by atoms with E-state index in [1.807, 2.05) is 36.4 Å². The first-order valence-electron chi connectivity index (χ1n) is 7.52. The van der Waals surface area contributed by atoms with Crippen molar-refractivity contribution in [3.8, 4) is 22.6 Å². The second-order valence-electron chi connectivity index (χ2n) is 5.44. The van der Waals surface area contributed by atoms with Crippen molar-refractivity contribution in [3.63, 3.8) is 0 Å². The van der Waals surface area contributed by atoms with Crippen LogP contribution in [0.1, 0.15) is 13.8 Å². The van der Waals surface area contributed by atoms with Crippen LogP contribution in [0, 0.1) is 0 Å². The van der Waals surface area contributed by atoms with Crippen molar-refractivity contribution in [2.75, 3.05) is 0 Å². The minimum absolute atomic E-state index is 0.334. The molecule has 4 nitrogen and oxygen atoms in total. The topological polar surface area (TPSA) is 52.6 Å². The van der Waals surface area contributed by atoms with Gasteiger partial charge in [-0.25, -0.2) is 0 Å². The predicted molar refractivity (Wildman–Crippen MR) is 92.0 cm³/mol. The highest BCUT2D eigenvalue weighted by molar-refractivity contribution is 5.89. The van der Waals surface area contributed by atoms with E-state index in [0.717, 1.165) is 21.9 Å². The summed E-state index contributed by atoms with van der Waals surface area (Å²) in [5.74, 6) is 0.391. The van der Waals surface area contributed by atoms with Crippen LogP contribution in [-0.2, 0) is 9.59 Å². The van der Waals surface area contributed by atoms with Crippen molar-refractivity contribution in [1.29, 1.82) is 0 Å². The molecule has 0 spiro atoms. The first-order chi connectivity index (χ1) is 11.5. The van der Waals surface area contributed by atoms with Crippen molar-refractivity contribution in [3.05, 3.63) is 60.7 Å². The van der Waals surface area contributed by atoms with Gasteiger partial charge in [0.25, 0.3) is 0 Å². The SMILES string of the molecule is CC(=O)Oc1ccc(-c2ccc3cc(OC(C)=O)ccc3c2)cc1. The lowest BCUT2D eigenvalue weighted by molar-refractivity contribution is -0.132. The molecule has 0 saturated heterocycles. The third-order valence-corrected chi connectivity index (χ3v) is 3.52. The quantitative estimate of drug-likeness (QED) is 0.531. The maximum Gasteiger partial charge on any atom is 0.308 e. The molecule has 3 aromatic rings. The maximum absolute atomic E-state index is 11.0. The molecular weight excluding hydrogens is 304 g/mol. The number of hydrogen-bond donors (Lipinski definition) is 0. The van der Waals surface area contributed by atoms with Crippen LogP contribution in [0.5, 0.6) is 11.5 Å². The van der Waals surface area contributed by atoms with Crippen molar-refractivity contribution < 1.29 is 19.1 Å². The fraction of sp³-hybridized carbons (Fsp3) is 0.100. The van der Waals surface area contributed by atoms with Gasteiger partial charge < -0.3 is 9.47 Å². The molecule has 0 bridgehead atoms. The Kier molecular flexibility index (Phi) is 4.29. The minimum atomic E-state index is -0.336. The molecule has 0 aromatic heterocycles.